The summed E-state index contributed by atoms with van der Waals surface area (Å²) in [5, 5.41) is 0. The van der Waals surface area contributed by atoms with E-state index in [4.69, 9.17) is 4.42 Å². The van der Waals surface area contributed by atoms with Gasteiger partial charge in [-0.2, -0.15) is 4.57 Å². The van der Waals surface area contributed by atoms with Gasteiger partial charge in [-0.15, -0.1) is 0 Å². The topological polar surface area (TPSA) is 17.0 Å². The number of oxazole rings is 1. The first-order valence-corrected chi connectivity index (χ1v) is 4.88. The molecule has 0 unspecified atom stereocenters. The van der Waals surface area contributed by atoms with Crippen LogP contribution in [0.2, 0.25) is 0 Å². The first kappa shape index (κ1) is 9.25. The second kappa shape index (κ2) is 2.84. The van der Waals surface area contributed by atoms with Crippen molar-refractivity contribution in [1.29, 1.82) is 0 Å². The van der Waals surface area contributed by atoms with Gasteiger partial charge in [0.05, 0.1) is 6.92 Å². The molecule has 0 spiro atoms. The molecule has 0 aliphatic carbocycles. The molecule has 2 nitrogen and oxygen atoms in total. The summed E-state index contributed by atoms with van der Waals surface area (Å²) < 4.78 is 7.82. The Hall–Kier alpha value is -1.31. The van der Waals surface area contributed by atoms with Crippen molar-refractivity contribution in [3.63, 3.8) is 0 Å². The summed E-state index contributed by atoms with van der Waals surface area (Å²) >= 11 is 0. The van der Waals surface area contributed by atoms with Crippen molar-refractivity contribution in [2.24, 2.45) is 7.05 Å². The Balaban J connectivity index is 2.98. The van der Waals surface area contributed by atoms with Crippen LogP contribution >= 0.6 is 0 Å². The van der Waals surface area contributed by atoms with Gasteiger partial charge >= 0.3 is 5.89 Å². The van der Waals surface area contributed by atoms with Gasteiger partial charge in [0.25, 0.3) is 5.52 Å². The smallest absolute Gasteiger partial charge is 0.344 e. The predicted molar refractivity (Wildman–Crippen MR) is 56.3 cm³/mol. The van der Waals surface area contributed by atoms with Crippen molar-refractivity contribution in [1.82, 2.24) is 0 Å². The Labute approximate surface area is 84.2 Å². The van der Waals surface area contributed by atoms with Gasteiger partial charge in [0.15, 0.2) is 0 Å². The Morgan fingerprint density at radius 1 is 1.07 bits per heavy atom. The van der Waals surface area contributed by atoms with E-state index in [2.05, 4.69) is 31.4 Å². The molecule has 0 amide bonds. The summed E-state index contributed by atoms with van der Waals surface area (Å²) in [7, 11) is 2.04. The maximum Gasteiger partial charge on any atom is 0.344 e. The molecule has 0 bridgehead atoms. The van der Waals surface area contributed by atoms with Crippen LogP contribution in [0.1, 0.15) is 22.6 Å². The number of fused-ring (bicyclic) bond motifs is 1. The van der Waals surface area contributed by atoms with Crippen LogP contribution in [0.15, 0.2) is 10.5 Å². The van der Waals surface area contributed by atoms with Crippen molar-refractivity contribution in [3.05, 3.63) is 28.6 Å². The lowest BCUT2D eigenvalue weighted by atomic mass is 10.0. The zero-order valence-corrected chi connectivity index (χ0v) is 9.43. The quantitative estimate of drug-likeness (QED) is 0.583. The van der Waals surface area contributed by atoms with E-state index in [0.29, 0.717) is 0 Å². The number of aryl methyl sites for hydroxylation is 4. The standard InChI is InChI=1S/C12H16NO/c1-7-6-11-12(9(3)8(7)2)14-10(4)13(11)5/h6H,1-5H3/q+1. The molecule has 2 heteroatoms. The lowest BCUT2D eigenvalue weighted by Crippen LogP contribution is -2.29. The summed E-state index contributed by atoms with van der Waals surface area (Å²) in [5.41, 5.74) is 6.11. The number of aromatic nitrogens is 1. The van der Waals surface area contributed by atoms with Crippen LogP contribution in [0.25, 0.3) is 11.1 Å². The monoisotopic (exact) mass is 190 g/mol. The zero-order valence-electron chi connectivity index (χ0n) is 9.43. The Kier molecular flexibility index (Phi) is 1.88. The fourth-order valence-electron chi connectivity index (χ4n) is 1.80. The number of rotatable bonds is 0. The van der Waals surface area contributed by atoms with Gasteiger partial charge in [0, 0.05) is 11.6 Å². The minimum absolute atomic E-state index is 0.952. The Bertz CT molecular complexity index is 509. The minimum Gasteiger partial charge on any atom is -0.401 e. The first-order valence-electron chi connectivity index (χ1n) is 4.88. The molecule has 74 valence electrons. The molecule has 0 saturated heterocycles. The maximum absolute atomic E-state index is 5.73. The van der Waals surface area contributed by atoms with Crippen LogP contribution in [0, 0.1) is 27.7 Å². The predicted octanol–water partition coefficient (Wildman–Crippen LogP) is 2.49. The Morgan fingerprint density at radius 3 is 2.36 bits per heavy atom. The summed E-state index contributed by atoms with van der Waals surface area (Å²) in [6.07, 6.45) is 0. The molecule has 0 saturated carbocycles. The molecule has 1 aromatic heterocycles. The van der Waals surface area contributed by atoms with E-state index in [1.165, 1.54) is 22.2 Å². The molecule has 14 heavy (non-hydrogen) atoms. The average molecular weight is 190 g/mol. The van der Waals surface area contributed by atoms with Crippen molar-refractivity contribution < 1.29 is 8.98 Å². The molecule has 1 aromatic carbocycles. The highest BCUT2D eigenvalue weighted by Gasteiger charge is 2.18. The summed E-state index contributed by atoms with van der Waals surface area (Å²) in [6.45, 7) is 8.39. The molecule has 0 aliphatic rings. The number of benzene rings is 1. The van der Waals surface area contributed by atoms with Crippen molar-refractivity contribution in [3.8, 4) is 0 Å². The van der Waals surface area contributed by atoms with Crippen LogP contribution in [0.4, 0.5) is 0 Å². The van der Waals surface area contributed by atoms with Crippen LogP contribution in [0.5, 0.6) is 0 Å². The van der Waals surface area contributed by atoms with Crippen LogP contribution in [-0.2, 0) is 7.05 Å². The van der Waals surface area contributed by atoms with Crippen molar-refractivity contribution >= 4 is 11.1 Å². The highest BCUT2D eigenvalue weighted by atomic mass is 16.3. The van der Waals surface area contributed by atoms with E-state index in [0.717, 1.165) is 11.5 Å². The van der Waals surface area contributed by atoms with Crippen molar-refractivity contribution in [2.45, 2.75) is 27.7 Å². The molecule has 1 heterocycles. The molecule has 0 N–H and O–H groups in total. The molecule has 0 aliphatic heterocycles. The highest BCUT2D eigenvalue weighted by molar-refractivity contribution is 5.75. The van der Waals surface area contributed by atoms with Gasteiger partial charge in [-0.1, -0.05) is 0 Å². The van der Waals surface area contributed by atoms with Crippen LogP contribution in [-0.4, -0.2) is 0 Å². The molecule has 0 atom stereocenters. The summed E-state index contributed by atoms with van der Waals surface area (Å²) in [5.74, 6) is 0.952. The fourth-order valence-corrected chi connectivity index (χ4v) is 1.80. The van der Waals surface area contributed by atoms with E-state index in [9.17, 15) is 0 Å². The maximum atomic E-state index is 5.73. The molecular weight excluding hydrogens is 174 g/mol. The molecule has 0 fully saturated rings. The number of hydrogen-bond donors (Lipinski definition) is 0. The largest absolute Gasteiger partial charge is 0.401 e. The fraction of sp³-hybridized carbons (Fsp3) is 0.417. The van der Waals surface area contributed by atoms with E-state index < -0.39 is 0 Å². The van der Waals surface area contributed by atoms with Crippen LogP contribution < -0.4 is 4.57 Å². The third-order valence-corrected chi connectivity index (χ3v) is 3.16. The van der Waals surface area contributed by atoms with Gasteiger partial charge in [-0.25, -0.2) is 0 Å². The Morgan fingerprint density at radius 2 is 1.71 bits per heavy atom. The third-order valence-electron chi connectivity index (χ3n) is 3.16. The zero-order chi connectivity index (χ0) is 10.5. The molecular formula is C12H16NO+. The first-order chi connectivity index (χ1) is 6.52. The van der Waals surface area contributed by atoms with Crippen LogP contribution in [0.3, 0.4) is 0 Å². The minimum atomic E-state index is 0.952. The number of hydrogen-bond acceptors (Lipinski definition) is 1. The van der Waals surface area contributed by atoms with Gasteiger partial charge in [0.1, 0.15) is 7.05 Å². The lowest BCUT2D eigenvalue weighted by molar-refractivity contribution is -0.657. The van der Waals surface area contributed by atoms with Gasteiger partial charge in [-0.3, -0.25) is 0 Å². The lowest BCUT2D eigenvalue weighted by Gasteiger charge is -2.01. The second-order valence-electron chi connectivity index (χ2n) is 3.97. The third kappa shape index (κ3) is 1.07. The second-order valence-corrected chi connectivity index (χ2v) is 3.97. The summed E-state index contributed by atoms with van der Waals surface area (Å²) in [4.78, 5) is 0. The summed E-state index contributed by atoms with van der Waals surface area (Å²) in [6, 6.07) is 2.19. The van der Waals surface area contributed by atoms with Gasteiger partial charge < -0.3 is 4.42 Å². The van der Waals surface area contributed by atoms with Crippen molar-refractivity contribution in [2.75, 3.05) is 0 Å². The molecule has 2 rings (SSSR count). The average Bonchev–Trinajstić information content (AvgIpc) is 2.42. The van der Waals surface area contributed by atoms with E-state index in [-0.39, 0.29) is 0 Å². The normalized spacial score (nSPS) is 11.2. The van der Waals surface area contributed by atoms with E-state index in [1.54, 1.807) is 0 Å². The van der Waals surface area contributed by atoms with E-state index in [1.807, 2.05) is 14.0 Å². The molecule has 2 aromatic rings. The molecule has 0 radical (unpaired) electrons. The SMILES string of the molecule is Cc1cc2c(oc(C)[n+]2C)c(C)c1C. The highest BCUT2D eigenvalue weighted by Crippen LogP contribution is 2.23. The number of nitrogens with zero attached hydrogens (tertiary/aromatic N) is 1. The van der Waals surface area contributed by atoms with Gasteiger partial charge in [-0.05, 0) is 31.9 Å². The van der Waals surface area contributed by atoms with Gasteiger partial charge in [0.2, 0.25) is 5.58 Å². The van der Waals surface area contributed by atoms with E-state index >= 15 is 0 Å².